The fourth-order valence-corrected chi connectivity index (χ4v) is 2.93. The highest BCUT2D eigenvalue weighted by Crippen LogP contribution is 2.19. The summed E-state index contributed by atoms with van der Waals surface area (Å²) in [5.74, 6) is 0.261. The number of carbonyl (C=O) groups excluding carboxylic acids is 2. The summed E-state index contributed by atoms with van der Waals surface area (Å²) in [5, 5.41) is 11.7. The fraction of sp³-hybridized carbons (Fsp3) is 0.556. The third kappa shape index (κ3) is 5.63. The topological polar surface area (TPSA) is 88.1 Å². The summed E-state index contributed by atoms with van der Waals surface area (Å²) in [6, 6.07) is 7.08. The van der Waals surface area contributed by atoms with Crippen molar-refractivity contribution in [2.75, 3.05) is 33.4 Å². The van der Waals surface area contributed by atoms with Crippen molar-refractivity contribution >= 4 is 11.8 Å². The number of aliphatic hydroxyl groups is 1. The van der Waals surface area contributed by atoms with E-state index in [9.17, 15) is 9.59 Å². The minimum absolute atomic E-state index is 0.0196. The van der Waals surface area contributed by atoms with E-state index in [1.54, 1.807) is 36.3 Å². The van der Waals surface area contributed by atoms with Crippen LogP contribution in [0.3, 0.4) is 0 Å². The van der Waals surface area contributed by atoms with Crippen LogP contribution >= 0.6 is 0 Å². The van der Waals surface area contributed by atoms with E-state index in [0.717, 1.165) is 25.0 Å². The number of methoxy groups -OCH3 is 1. The van der Waals surface area contributed by atoms with Gasteiger partial charge >= 0.3 is 11.8 Å². The van der Waals surface area contributed by atoms with Gasteiger partial charge in [0.1, 0.15) is 18.1 Å². The third-order valence-electron chi connectivity index (χ3n) is 4.26. The van der Waals surface area contributed by atoms with Gasteiger partial charge in [-0.05, 0) is 49.9 Å². The third-order valence-corrected chi connectivity index (χ3v) is 4.26. The first kappa shape index (κ1) is 19.1. The van der Waals surface area contributed by atoms with Gasteiger partial charge in [0.25, 0.3) is 0 Å². The molecule has 0 saturated carbocycles. The number of benzene rings is 1. The Kier molecular flexibility index (Phi) is 7.53. The highest BCUT2D eigenvalue weighted by molar-refractivity contribution is 6.35. The quantitative estimate of drug-likeness (QED) is 0.565. The number of carbonyl (C=O) groups is 2. The first-order chi connectivity index (χ1) is 12.2. The van der Waals surface area contributed by atoms with Crippen LogP contribution in [-0.2, 0) is 9.59 Å². The van der Waals surface area contributed by atoms with Crippen molar-refractivity contribution in [3.8, 4) is 11.5 Å². The van der Waals surface area contributed by atoms with Gasteiger partial charge in [0, 0.05) is 19.2 Å². The summed E-state index contributed by atoms with van der Waals surface area (Å²) in [7, 11) is 1.59. The second-order valence-electron chi connectivity index (χ2n) is 5.94. The second kappa shape index (κ2) is 9.88. The highest BCUT2D eigenvalue weighted by atomic mass is 16.5. The van der Waals surface area contributed by atoms with E-state index in [1.807, 2.05) is 0 Å². The van der Waals surface area contributed by atoms with Crippen molar-refractivity contribution in [3.63, 3.8) is 0 Å². The molecular formula is C18H26N2O5. The van der Waals surface area contributed by atoms with Crippen LogP contribution in [0.4, 0.5) is 0 Å². The van der Waals surface area contributed by atoms with Gasteiger partial charge in [0.05, 0.1) is 13.7 Å². The number of amides is 2. The Hall–Kier alpha value is -2.28. The zero-order chi connectivity index (χ0) is 18.1. The van der Waals surface area contributed by atoms with Crippen LogP contribution in [0, 0.1) is 0 Å². The van der Waals surface area contributed by atoms with Gasteiger partial charge in [0.15, 0.2) is 0 Å². The number of piperidine rings is 1. The lowest BCUT2D eigenvalue weighted by atomic mass is 9.99. The Morgan fingerprint density at radius 1 is 1.24 bits per heavy atom. The Morgan fingerprint density at radius 2 is 1.96 bits per heavy atom. The predicted molar refractivity (Wildman–Crippen MR) is 92.6 cm³/mol. The minimum atomic E-state index is -0.622. The number of ether oxygens (including phenoxy) is 2. The molecule has 1 fully saturated rings. The maximum atomic E-state index is 12.3. The van der Waals surface area contributed by atoms with Crippen LogP contribution < -0.4 is 14.8 Å². The van der Waals surface area contributed by atoms with E-state index < -0.39 is 11.8 Å². The van der Waals surface area contributed by atoms with Crippen LogP contribution in [-0.4, -0.2) is 61.3 Å². The Balaban J connectivity index is 1.74. The maximum absolute atomic E-state index is 12.3. The van der Waals surface area contributed by atoms with Gasteiger partial charge in [-0.15, -0.1) is 0 Å². The van der Waals surface area contributed by atoms with Crippen LogP contribution in [0.15, 0.2) is 24.3 Å². The molecule has 1 unspecified atom stereocenters. The van der Waals surface area contributed by atoms with Crippen molar-refractivity contribution in [1.29, 1.82) is 0 Å². The fourth-order valence-electron chi connectivity index (χ4n) is 2.93. The molecule has 0 aliphatic carbocycles. The first-order valence-electron chi connectivity index (χ1n) is 8.62. The van der Waals surface area contributed by atoms with E-state index >= 15 is 0 Å². The van der Waals surface area contributed by atoms with E-state index in [-0.39, 0.29) is 25.8 Å². The predicted octanol–water partition coefficient (Wildman–Crippen LogP) is 0.954. The monoisotopic (exact) mass is 350 g/mol. The average Bonchev–Trinajstić information content (AvgIpc) is 2.65. The molecule has 0 radical (unpaired) electrons. The van der Waals surface area contributed by atoms with Gasteiger partial charge in [0.2, 0.25) is 0 Å². The molecule has 25 heavy (non-hydrogen) atoms. The number of rotatable bonds is 7. The Bertz CT molecular complexity index is 559. The summed E-state index contributed by atoms with van der Waals surface area (Å²) in [5.41, 5.74) is 0. The van der Waals surface area contributed by atoms with Crippen molar-refractivity contribution in [2.45, 2.75) is 31.7 Å². The largest absolute Gasteiger partial charge is 0.497 e. The summed E-state index contributed by atoms with van der Waals surface area (Å²) < 4.78 is 10.6. The molecule has 1 aliphatic rings. The molecule has 1 aromatic rings. The number of nitrogens with zero attached hydrogens (tertiary/aromatic N) is 1. The first-order valence-corrected chi connectivity index (χ1v) is 8.62. The molecule has 1 aromatic carbocycles. The Labute approximate surface area is 147 Å². The molecule has 7 nitrogen and oxygen atoms in total. The number of aliphatic hydroxyl groups excluding tert-OH is 1. The molecule has 1 heterocycles. The molecule has 0 bridgehead atoms. The molecular weight excluding hydrogens is 324 g/mol. The minimum Gasteiger partial charge on any atom is -0.497 e. The summed E-state index contributed by atoms with van der Waals surface area (Å²) in [6.45, 7) is 1.10. The van der Waals surface area contributed by atoms with Crippen LogP contribution in [0.25, 0.3) is 0 Å². The Morgan fingerprint density at radius 3 is 2.64 bits per heavy atom. The maximum Gasteiger partial charge on any atom is 0.312 e. The second-order valence-corrected chi connectivity index (χ2v) is 5.94. The van der Waals surface area contributed by atoms with Gasteiger partial charge in [-0.1, -0.05) is 0 Å². The number of likely N-dealkylation sites (tertiary alicyclic amines) is 1. The molecule has 0 aromatic heterocycles. The summed E-state index contributed by atoms with van der Waals surface area (Å²) in [6.07, 6.45) is 3.26. The number of nitrogens with one attached hydrogen (secondary N) is 1. The SMILES string of the molecule is COc1ccc(OCCNC(=O)C(=O)N2CCCCC2CCO)cc1. The van der Waals surface area contributed by atoms with E-state index in [4.69, 9.17) is 14.6 Å². The van der Waals surface area contributed by atoms with Crippen molar-refractivity contribution in [2.24, 2.45) is 0 Å². The lowest BCUT2D eigenvalue weighted by Crippen LogP contribution is -2.50. The van der Waals surface area contributed by atoms with Gasteiger partial charge in [-0.25, -0.2) is 0 Å². The molecule has 2 N–H and O–H groups in total. The van der Waals surface area contributed by atoms with Gasteiger partial charge < -0.3 is 24.8 Å². The zero-order valence-corrected chi connectivity index (χ0v) is 14.6. The molecule has 138 valence electrons. The number of hydrogen-bond acceptors (Lipinski definition) is 5. The smallest absolute Gasteiger partial charge is 0.312 e. The molecule has 7 heteroatoms. The van der Waals surface area contributed by atoms with Crippen LogP contribution in [0.1, 0.15) is 25.7 Å². The molecule has 1 atom stereocenters. The molecule has 2 rings (SSSR count). The standard InChI is InChI=1S/C18H26N2O5/c1-24-15-5-7-16(8-6-15)25-13-10-19-17(22)18(23)20-11-3-2-4-14(20)9-12-21/h5-8,14,21H,2-4,9-13H2,1H3,(H,19,22). The molecule has 1 aliphatic heterocycles. The van der Waals surface area contributed by atoms with E-state index in [1.165, 1.54) is 0 Å². The van der Waals surface area contributed by atoms with Crippen molar-refractivity contribution in [1.82, 2.24) is 10.2 Å². The lowest BCUT2D eigenvalue weighted by molar-refractivity contribution is -0.148. The lowest BCUT2D eigenvalue weighted by Gasteiger charge is -2.35. The average molecular weight is 350 g/mol. The van der Waals surface area contributed by atoms with Crippen molar-refractivity contribution in [3.05, 3.63) is 24.3 Å². The van der Waals surface area contributed by atoms with E-state index in [2.05, 4.69) is 5.32 Å². The summed E-state index contributed by atoms with van der Waals surface area (Å²) in [4.78, 5) is 25.9. The molecule has 2 amide bonds. The highest BCUT2D eigenvalue weighted by Gasteiger charge is 2.30. The van der Waals surface area contributed by atoms with Gasteiger partial charge in [-0.3, -0.25) is 9.59 Å². The molecule has 1 saturated heterocycles. The van der Waals surface area contributed by atoms with E-state index in [0.29, 0.717) is 18.7 Å². The van der Waals surface area contributed by atoms with Crippen LogP contribution in [0.5, 0.6) is 11.5 Å². The summed E-state index contributed by atoms with van der Waals surface area (Å²) >= 11 is 0. The zero-order valence-electron chi connectivity index (χ0n) is 14.6. The van der Waals surface area contributed by atoms with Gasteiger partial charge in [-0.2, -0.15) is 0 Å². The van der Waals surface area contributed by atoms with Crippen LogP contribution in [0.2, 0.25) is 0 Å². The molecule has 0 spiro atoms. The number of hydrogen-bond donors (Lipinski definition) is 2. The van der Waals surface area contributed by atoms with Crippen molar-refractivity contribution < 1.29 is 24.2 Å². The normalized spacial score (nSPS) is 17.0.